The number of benzene rings is 1. The molecule has 23 heavy (non-hydrogen) atoms. The fourth-order valence-corrected chi connectivity index (χ4v) is 2.30. The van der Waals surface area contributed by atoms with Crippen LogP contribution in [0.5, 0.6) is 5.75 Å². The molecule has 0 aliphatic heterocycles. The highest BCUT2D eigenvalue weighted by molar-refractivity contribution is 5.79. The summed E-state index contributed by atoms with van der Waals surface area (Å²) in [6.45, 7) is 8.11. The highest BCUT2D eigenvalue weighted by Crippen LogP contribution is 2.25. The standard InChI is InChI=1S/C18H27NO4/c1-5-18(6-2,17(21)22)12-19-16(20)9-10-23-15-8-7-13(3)14(4)11-15/h7-8,11H,5-6,9-10,12H2,1-4H3,(H,19,20)(H,21,22). The van der Waals surface area contributed by atoms with Gasteiger partial charge in [0.15, 0.2) is 0 Å². The van der Waals surface area contributed by atoms with Gasteiger partial charge in [-0.1, -0.05) is 19.9 Å². The third-order valence-corrected chi connectivity index (χ3v) is 4.51. The predicted molar refractivity (Wildman–Crippen MR) is 89.7 cm³/mol. The van der Waals surface area contributed by atoms with Crippen LogP contribution in [0.3, 0.4) is 0 Å². The number of hydrogen-bond acceptors (Lipinski definition) is 3. The first kappa shape index (κ1) is 19.0. The average molecular weight is 321 g/mol. The number of carboxylic acids is 1. The number of carbonyl (C=O) groups is 2. The first-order valence-corrected chi connectivity index (χ1v) is 8.04. The Morgan fingerprint density at radius 1 is 1.17 bits per heavy atom. The number of aliphatic carboxylic acids is 1. The summed E-state index contributed by atoms with van der Waals surface area (Å²) >= 11 is 0. The largest absolute Gasteiger partial charge is 0.493 e. The molecule has 128 valence electrons. The lowest BCUT2D eigenvalue weighted by molar-refractivity contribution is -0.149. The van der Waals surface area contributed by atoms with Crippen LogP contribution in [0.4, 0.5) is 0 Å². The van der Waals surface area contributed by atoms with Crippen molar-refractivity contribution in [2.75, 3.05) is 13.2 Å². The summed E-state index contributed by atoms with van der Waals surface area (Å²) in [6.07, 6.45) is 1.17. The second-order valence-corrected chi connectivity index (χ2v) is 5.91. The molecule has 0 saturated heterocycles. The molecule has 1 aromatic carbocycles. The van der Waals surface area contributed by atoms with Crippen molar-refractivity contribution in [2.45, 2.75) is 47.0 Å². The van der Waals surface area contributed by atoms with Crippen LogP contribution < -0.4 is 10.1 Å². The molecule has 0 bridgehead atoms. The molecule has 5 nitrogen and oxygen atoms in total. The molecular weight excluding hydrogens is 294 g/mol. The molecule has 0 heterocycles. The first-order valence-electron chi connectivity index (χ1n) is 8.04. The van der Waals surface area contributed by atoms with Crippen molar-refractivity contribution in [1.82, 2.24) is 5.32 Å². The summed E-state index contributed by atoms with van der Waals surface area (Å²) in [5.74, 6) is -0.321. The fourth-order valence-electron chi connectivity index (χ4n) is 2.30. The van der Waals surface area contributed by atoms with Crippen molar-refractivity contribution >= 4 is 11.9 Å². The normalized spacial score (nSPS) is 11.1. The lowest BCUT2D eigenvalue weighted by Gasteiger charge is -2.26. The quantitative estimate of drug-likeness (QED) is 0.733. The van der Waals surface area contributed by atoms with Crippen LogP contribution in [-0.2, 0) is 9.59 Å². The molecule has 1 aromatic rings. The highest BCUT2D eigenvalue weighted by Gasteiger charge is 2.34. The van der Waals surface area contributed by atoms with E-state index in [2.05, 4.69) is 5.32 Å². The van der Waals surface area contributed by atoms with Gasteiger partial charge in [0, 0.05) is 6.54 Å². The van der Waals surface area contributed by atoms with Gasteiger partial charge in [0.1, 0.15) is 5.75 Å². The second kappa shape index (κ2) is 8.56. The Balaban J connectivity index is 2.42. The third-order valence-electron chi connectivity index (χ3n) is 4.51. The Bertz CT molecular complexity index is 550. The third kappa shape index (κ3) is 5.27. The van der Waals surface area contributed by atoms with Gasteiger partial charge in [-0.15, -0.1) is 0 Å². The molecule has 0 saturated carbocycles. The summed E-state index contributed by atoms with van der Waals surface area (Å²) in [6, 6.07) is 5.80. The number of hydrogen-bond donors (Lipinski definition) is 2. The fraction of sp³-hybridized carbons (Fsp3) is 0.556. The Morgan fingerprint density at radius 2 is 1.83 bits per heavy atom. The number of aryl methyl sites for hydroxylation is 2. The maximum absolute atomic E-state index is 11.9. The molecule has 1 amide bonds. The Morgan fingerprint density at radius 3 is 2.35 bits per heavy atom. The van der Waals surface area contributed by atoms with Crippen molar-refractivity contribution in [3.8, 4) is 5.75 Å². The zero-order chi connectivity index (χ0) is 17.5. The molecule has 2 N–H and O–H groups in total. The summed E-state index contributed by atoms with van der Waals surface area (Å²) in [5.41, 5.74) is 1.45. The van der Waals surface area contributed by atoms with E-state index in [1.165, 1.54) is 5.56 Å². The van der Waals surface area contributed by atoms with Crippen LogP contribution in [0.1, 0.15) is 44.2 Å². The lowest BCUT2D eigenvalue weighted by atomic mass is 9.82. The van der Waals surface area contributed by atoms with E-state index in [1.54, 1.807) is 0 Å². The first-order chi connectivity index (χ1) is 10.8. The molecule has 1 rings (SSSR count). The van der Waals surface area contributed by atoms with Crippen LogP contribution in [0.15, 0.2) is 18.2 Å². The van der Waals surface area contributed by atoms with Crippen LogP contribution in [-0.4, -0.2) is 30.1 Å². The van der Waals surface area contributed by atoms with E-state index < -0.39 is 11.4 Å². The number of carboxylic acid groups (broad SMARTS) is 1. The molecule has 5 heteroatoms. The van der Waals surface area contributed by atoms with E-state index in [9.17, 15) is 14.7 Å². The molecule has 0 fully saturated rings. The zero-order valence-electron chi connectivity index (χ0n) is 14.4. The van der Waals surface area contributed by atoms with Gasteiger partial charge in [0.2, 0.25) is 5.91 Å². The van der Waals surface area contributed by atoms with E-state index in [4.69, 9.17) is 4.74 Å². The van der Waals surface area contributed by atoms with Crippen LogP contribution in [0, 0.1) is 19.3 Å². The van der Waals surface area contributed by atoms with Gasteiger partial charge >= 0.3 is 5.97 Å². The van der Waals surface area contributed by atoms with Gasteiger partial charge in [0.25, 0.3) is 0 Å². The molecule has 0 atom stereocenters. The van der Waals surface area contributed by atoms with Crippen molar-refractivity contribution in [3.63, 3.8) is 0 Å². The number of nitrogens with one attached hydrogen (secondary N) is 1. The predicted octanol–water partition coefficient (Wildman–Crippen LogP) is 3.08. The van der Waals surface area contributed by atoms with E-state index in [0.717, 1.165) is 11.3 Å². The molecule has 0 aromatic heterocycles. The zero-order valence-corrected chi connectivity index (χ0v) is 14.4. The minimum atomic E-state index is -0.884. The van der Waals surface area contributed by atoms with E-state index in [1.807, 2.05) is 45.9 Å². The van der Waals surface area contributed by atoms with Crippen LogP contribution in [0.25, 0.3) is 0 Å². The van der Waals surface area contributed by atoms with Gasteiger partial charge in [-0.2, -0.15) is 0 Å². The van der Waals surface area contributed by atoms with Crippen LogP contribution in [0.2, 0.25) is 0 Å². The minimum absolute atomic E-state index is 0.151. The van der Waals surface area contributed by atoms with E-state index in [0.29, 0.717) is 12.8 Å². The molecule has 0 spiro atoms. The average Bonchev–Trinajstić information content (AvgIpc) is 2.52. The highest BCUT2D eigenvalue weighted by atomic mass is 16.5. The molecule has 0 aliphatic carbocycles. The van der Waals surface area contributed by atoms with Gasteiger partial charge in [-0.05, 0) is 49.9 Å². The van der Waals surface area contributed by atoms with Crippen molar-refractivity contribution in [3.05, 3.63) is 29.3 Å². The van der Waals surface area contributed by atoms with Gasteiger partial charge in [-0.3, -0.25) is 9.59 Å². The minimum Gasteiger partial charge on any atom is -0.493 e. The molecule has 0 unspecified atom stereocenters. The summed E-state index contributed by atoms with van der Waals surface area (Å²) in [7, 11) is 0. The lowest BCUT2D eigenvalue weighted by Crippen LogP contribution is -2.42. The second-order valence-electron chi connectivity index (χ2n) is 5.91. The van der Waals surface area contributed by atoms with Gasteiger partial charge in [0.05, 0.1) is 18.4 Å². The monoisotopic (exact) mass is 321 g/mol. The maximum atomic E-state index is 11.9. The van der Waals surface area contributed by atoms with Crippen molar-refractivity contribution in [1.29, 1.82) is 0 Å². The Labute approximate surface area is 138 Å². The van der Waals surface area contributed by atoms with E-state index in [-0.39, 0.29) is 25.5 Å². The Kier molecular flexibility index (Phi) is 7.07. The maximum Gasteiger partial charge on any atom is 0.311 e. The SMILES string of the molecule is CCC(CC)(CNC(=O)CCOc1ccc(C)c(C)c1)C(=O)O. The summed E-state index contributed by atoms with van der Waals surface area (Å²) in [5, 5.41) is 12.0. The molecule has 0 aliphatic rings. The topological polar surface area (TPSA) is 75.6 Å². The van der Waals surface area contributed by atoms with Crippen molar-refractivity contribution in [2.24, 2.45) is 5.41 Å². The van der Waals surface area contributed by atoms with Crippen molar-refractivity contribution < 1.29 is 19.4 Å². The van der Waals surface area contributed by atoms with Gasteiger partial charge < -0.3 is 15.2 Å². The van der Waals surface area contributed by atoms with E-state index >= 15 is 0 Å². The number of rotatable bonds is 9. The number of carbonyl (C=O) groups excluding carboxylic acids is 1. The van der Waals surface area contributed by atoms with Gasteiger partial charge in [-0.25, -0.2) is 0 Å². The Hall–Kier alpha value is -2.04. The summed E-state index contributed by atoms with van der Waals surface area (Å²) in [4.78, 5) is 23.2. The number of ether oxygens (including phenoxy) is 1. The smallest absolute Gasteiger partial charge is 0.311 e. The summed E-state index contributed by atoms with van der Waals surface area (Å²) < 4.78 is 5.57. The number of amides is 1. The molecule has 0 radical (unpaired) electrons. The molecular formula is C18H27NO4. The van der Waals surface area contributed by atoms with Crippen LogP contribution >= 0.6 is 0 Å².